The second-order valence-electron chi connectivity index (χ2n) is 28.2. The summed E-state index contributed by atoms with van der Waals surface area (Å²) in [6, 6.07) is 10.7. The number of benzene rings is 3. The number of ether oxygens (including phenoxy) is 5. The molecule has 0 aliphatic heterocycles. The van der Waals surface area contributed by atoms with Gasteiger partial charge >= 0.3 is 29.8 Å². The number of nitro groups is 2. The van der Waals surface area contributed by atoms with Crippen molar-refractivity contribution in [3.05, 3.63) is 90.0 Å². The monoisotopic (exact) mass is 1990 g/mol. The van der Waals surface area contributed by atoms with E-state index in [1.54, 1.807) is 19.1 Å². The van der Waals surface area contributed by atoms with Crippen molar-refractivity contribution < 1.29 is 62.6 Å². The zero-order chi connectivity index (χ0) is 84.0. The number of esters is 5. The van der Waals surface area contributed by atoms with E-state index in [2.05, 4.69) is 136 Å². The summed E-state index contributed by atoms with van der Waals surface area (Å²) in [5, 5.41) is 39.6. The summed E-state index contributed by atoms with van der Waals surface area (Å²) < 4.78 is 24.9. The van der Waals surface area contributed by atoms with Crippen molar-refractivity contribution in [2.45, 2.75) is 267 Å². The molecule has 0 amide bonds. The lowest BCUT2D eigenvalue weighted by molar-refractivity contribution is -0.384. The minimum atomic E-state index is -0.470. The van der Waals surface area contributed by atoms with E-state index < -0.39 is 10.3 Å². The van der Waals surface area contributed by atoms with Gasteiger partial charge in [0.15, 0.2) is 0 Å². The zero-order valence-corrected chi connectivity index (χ0v) is 79.9. The molecule has 0 aliphatic rings. The number of nitrogen functional groups attached to an aromatic ring is 2. The molecule has 0 fully saturated rings. The largest absolute Gasteiger partial charge is 0.466 e. The molecule has 7 N–H and O–H groups in total. The van der Waals surface area contributed by atoms with Crippen molar-refractivity contribution in [2.75, 3.05) is 96.7 Å². The van der Waals surface area contributed by atoms with E-state index in [-0.39, 0.29) is 74.0 Å². The Morgan fingerprint density at radius 2 is 0.654 bits per heavy atom. The van der Waals surface area contributed by atoms with Crippen molar-refractivity contribution in [1.82, 2.24) is 0 Å². The molecule has 0 atom stereocenters. The number of rotatable bonds is 40. The van der Waals surface area contributed by atoms with E-state index in [1.807, 2.05) is 137 Å². The smallest absolute Gasteiger partial charge is 0.311 e. The number of nitro benzene ring substituents is 2. The molecule has 107 heavy (non-hydrogen) atoms. The van der Waals surface area contributed by atoms with E-state index in [9.17, 15) is 44.2 Å². The van der Waals surface area contributed by atoms with Gasteiger partial charge in [-0.1, -0.05) is 135 Å². The van der Waals surface area contributed by atoms with E-state index in [0.717, 1.165) is 146 Å². The Balaban J connectivity index is -0.000000286. The lowest BCUT2D eigenvalue weighted by atomic mass is 9.87. The summed E-state index contributed by atoms with van der Waals surface area (Å²) in [5.74, 6) is -0.500. The normalized spacial score (nSPS) is 10.6. The van der Waals surface area contributed by atoms with Gasteiger partial charge in [0.2, 0.25) is 0 Å². The van der Waals surface area contributed by atoms with E-state index in [1.165, 1.54) is 62.1 Å². The minimum absolute atomic E-state index is 0.00921. The van der Waals surface area contributed by atoms with Crippen LogP contribution in [0.3, 0.4) is 0 Å². The van der Waals surface area contributed by atoms with Crippen LogP contribution in [-0.4, -0.2) is 119 Å². The number of aliphatic hydroxyl groups excluding tert-OH is 1. The number of hydrogen-bond acceptors (Lipinski definition) is 19. The third-order valence-corrected chi connectivity index (χ3v) is 18.9. The van der Waals surface area contributed by atoms with Crippen LogP contribution in [0.5, 0.6) is 0 Å². The minimum Gasteiger partial charge on any atom is -0.466 e. The molecule has 21 nitrogen and oxygen atoms in total. The summed E-state index contributed by atoms with van der Waals surface area (Å²) in [4.78, 5) is 77.9. The fraction of sp³-hybridized carbons (Fsp3) is 0.713. The van der Waals surface area contributed by atoms with Gasteiger partial charge in [-0.2, -0.15) is 0 Å². The highest BCUT2D eigenvalue weighted by molar-refractivity contribution is 15.0. The Bertz CT molecular complexity index is 2850. The molecule has 0 saturated heterocycles. The Morgan fingerprint density at radius 1 is 0.411 bits per heavy atom. The van der Waals surface area contributed by atoms with Crippen LogP contribution >= 0.6 is 101 Å². The van der Waals surface area contributed by atoms with Gasteiger partial charge in [0.05, 0.1) is 81.8 Å². The molecule has 0 aromatic heterocycles. The number of aliphatic hydroxyl groups is 1. The highest BCUT2D eigenvalue weighted by atomic mass is 128. The van der Waals surface area contributed by atoms with E-state index >= 15 is 0 Å². The van der Waals surface area contributed by atoms with Gasteiger partial charge in [-0.15, -0.1) is 0 Å². The first-order valence-corrected chi connectivity index (χ1v) is 48.2. The number of nitrogens with two attached hydrogens (primary N) is 2. The highest BCUT2D eigenvalue weighted by Crippen LogP contribution is 2.32. The van der Waals surface area contributed by atoms with Crippen LogP contribution in [0.4, 0.5) is 34.1 Å². The highest BCUT2D eigenvalue weighted by Gasteiger charge is 2.31. The molecule has 0 radical (unpaired) electrons. The Hall–Kier alpha value is -3.65. The second-order valence-corrected chi connectivity index (χ2v) is 31.4. The number of nitrogens with one attached hydrogen (secondary N) is 2. The van der Waals surface area contributed by atoms with Crippen molar-refractivity contribution in [3.63, 3.8) is 0 Å². The molecule has 0 unspecified atom stereocenters. The number of unbranched alkanes of at least 4 members (excludes halogenated alkanes) is 10. The summed E-state index contributed by atoms with van der Waals surface area (Å²) in [6.45, 7) is 43.9. The first kappa shape index (κ1) is 114. The maximum atomic E-state index is 11.8. The third-order valence-electron chi connectivity index (χ3n) is 16.6. The van der Waals surface area contributed by atoms with E-state index in [4.69, 9.17) is 35.5 Å². The number of carbonyl (C=O) groups is 5. The number of aryl methyl sites for hydroxylation is 6. The van der Waals surface area contributed by atoms with Crippen LogP contribution in [0.15, 0.2) is 36.4 Å². The number of anilines is 4. The van der Waals surface area contributed by atoms with Gasteiger partial charge in [0.1, 0.15) is 11.4 Å². The number of hydrogen-bond donors (Lipinski definition) is 5. The van der Waals surface area contributed by atoms with Gasteiger partial charge < -0.3 is 50.9 Å². The molecular weight excluding hydrogens is 1860 g/mol. The molecule has 0 saturated carbocycles. The fourth-order valence-electron chi connectivity index (χ4n) is 9.32. The zero-order valence-electron chi connectivity index (χ0n) is 69.2. The molecule has 0 heterocycles. The van der Waals surface area contributed by atoms with Crippen LogP contribution in [0.25, 0.3) is 0 Å². The van der Waals surface area contributed by atoms with Gasteiger partial charge in [-0.25, -0.2) is 0 Å². The van der Waals surface area contributed by atoms with Crippen LogP contribution < -0.4 is 22.1 Å². The summed E-state index contributed by atoms with van der Waals surface area (Å²) in [7, 11) is 1.00. The Morgan fingerprint density at radius 3 is 0.925 bits per heavy atom. The molecule has 3 rings (SSSR count). The first-order chi connectivity index (χ1) is 50.2. The molecular formula is C80H140Br4I2N6O15. The summed E-state index contributed by atoms with van der Waals surface area (Å²) in [6.07, 6.45) is 20.3. The maximum Gasteiger partial charge on any atom is 0.311 e. The topological polar surface area (TPSA) is 314 Å². The Kier molecular flexibility index (Phi) is 73.8. The van der Waals surface area contributed by atoms with Crippen LogP contribution in [-0.2, 0) is 47.7 Å². The van der Waals surface area contributed by atoms with Gasteiger partial charge in [0.25, 0.3) is 11.4 Å². The average Bonchev–Trinajstić information content (AvgIpc) is 0.843. The van der Waals surface area contributed by atoms with Crippen LogP contribution in [0.2, 0.25) is 0 Å². The number of carbonyl (C=O) groups excluding carboxylic acids is 5. The van der Waals surface area contributed by atoms with Gasteiger partial charge in [-0.3, -0.25) is 44.2 Å². The van der Waals surface area contributed by atoms with Crippen molar-refractivity contribution in [3.8, 4) is 0 Å². The molecule has 27 heteroatoms. The number of halogens is 6. The molecule has 0 spiro atoms. The molecule has 0 aliphatic carbocycles. The predicted octanol–water partition coefficient (Wildman–Crippen LogP) is 23.6. The molecule has 622 valence electrons. The SMILES string of the molecule is BrCCCCCBr.CCOC(=O)C(C)(C)CCCCCBr.CCOC(=O)C(C)(C)CCCCCBr.CCOC(=O)C(C)(C)CCCCCNc1cc(C)c(C)cc1N.CCOC(=O)C(C)(C)CCCCCNc1cc(C)c(C)cc1[N+](=O)[O-].CCOC(=O)C(C)C.CO.Cc1cc(N)c([N+](=O)[O-])cc1C.II. The maximum absolute atomic E-state index is 11.8. The molecule has 3 aromatic rings. The van der Waals surface area contributed by atoms with Gasteiger partial charge in [-0.05, 0) is 253 Å². The van der Waals surface area contributed by atoms with Crippen LogP contribution in [0.1, 0.15) is 259 Å². The number of nitrogens with zero attached hydrogens (tertiary/aromatic N) is 2. The van der Waals surface area contributed by atoms with Crippen molar-refractivity contribution in [2.24, 2.45) is 27.6 Å². The standard InChI is InChI=1S/C19H30N2O4.C19H32N2O2.2C11H21BrO2.C8H10N2O2.C6H12O2.C5H10Br2.CH4O.I2/c1-6-25-18(22)19(4,5)10-8-7-9-11-20-16-12-14(2)15(3)13-17(16)21(23)24;1-6-23-18(22)19(4,5)10-8-7-9-11-21-17-13-15(3)14(2)12-16(17)20;2*1-4-14-10(13)11(2,3)8-6-5-7-9-12;1-5-3-7(9)8(10(11)12)4-6(5)2;1-4-8-6(7)5(2)3;6-4-2-1-3-5-7;2*1-2/h12-13,20H,6-11H2,1-5H3;12-13,21H,6-11,20H2,1-5H3;2*4-9H2,1-3H3;3-4H,9H2,1-2H3;5H,4H2,1-3H3;1-5H2;2H,1H3;. The summed E-state index contributed by atoms with van der Waals surface area (Å²) >= 11 is 17.8. The van der Waals surface area contributed by atoms with Crippen molar-refractivity contribution in [1.29, 1.82) is 0 Å². The van der Waals surface area contributed by atoms with Gasteiger partial charge in [0, 0.05) is 90.9 Å². The molecule has 0 bridgehead atoms. The van der Waals surface area contributed by atoms with E-state index in [0.29, 0.717) is 45.3 Å². The quantitative estimate of drug-likeness (QED) is 0.00516. The lowest BCUT2D eigenvalue weighted by Crippen LogP contribution is -2.26. The lowest BCUT2D eigenvalue weighted by Gasteiger charge is -2.22. The fourth-order valence-corrected chi connectivity index (χ4v) is 10.9. The molecule has 3 aromatic carbocycles. The number of alkyl halides is 4. The van der Waals surface area contributed by atoms with Crippen LogP contribution in [0, 0.1) is 89.3 Å². The van der Waals surface area contributed by atoms with Crippen molar-refractivity contribution >= 4 is 165 Å². The second kappa shape index (κ2) is 69.1. The Labute approximate surface area is 703 Å². The predicted molar refractivity (Wildman–Crippen MR) is 479 cm³/mol. The third kappa shape index (κ3) is 58.0. The average molecular weight is 2000 g/mol. The summed E-state index contributed by atoms with van der Waals surface area (Å²) in [5.41, 5.74) is 19.0. The first-order valence-electron chi connectivity index (χ1n) is 37.5.